The topological polar surface area (TPSA) is 111 Å². The fourth-order valence-electron chi connectivity index (χ4n) is 5.18. The standard InChI is InChI=1S/C28H33N5O4S/c29-27-31-19-24(38-27)26(35)32-13-4-3-9-28(20-37-21-6-5-12-30-18-21)10-14-33(15-11-28)25(34)22-7-1-2-8-23(22)36-17-16-32/h1-2,5-8,12,18-19H,3-4,9-11,13-17,20H2,(H2,29,31). The molecule has 2 bridgehead atoms. The van der Waals surface area contributed by atoms with Gasteiger partial charge in [-0.05, 0) is 49.9 Å². The van der Waals surface area contributed by atoms with Gasteiger partial charge in [0, 0.05) is 31.2 Å². The van der Waals surface area contributed by atoms with Crippen molar-refractivity contribution in [1.82, 2.24) is 19.8 Å². The van der Waals surface area contributed by atoms with Crippen LogP contribution >= 0.6 is 11.3 Å². The number of hydrogen-bond acceptors (Lipinski definition) is 8. The van der Waals surface area contributed by atoms with Crippen molar-refractivity contribution < 1.29 is 19.1 Å². The van der Waals surface area contributed by atoms with Crippen molar-refractivity contribution in [1.29, 1.82) is 0 Å². The molecule has 0 spiro atoms. The summed E-state index contributed by atoms with van der Waals surface area (Å²) in [7, 11) is 0. The third-order valence-electron chi connectivity index (χ3n) is 7.43. The number of fused-ring (bicyclic) bond motifs is 9. The summed E-state index contributed by atoms with van der Waals surface area (Å²) >= 11 is 1.19. The molecule has 1 fully saturated rings. The molecule has 9 nitrogen and oxygen atoms in total. The maximum atomic E-state index is 13.5. The first-order valence-corrected chi connectivity index (χ1v) is 13.9. The molecule has 1 aromatic carbocycles. The predicted octanol–water partition coefficient (Wildman–Crippen LogP) is 4.13. The predicted molar refractivity (Wildman–Crippen MR) is 146 cm³/mol. The molecule has 200 valence electrons. The summed E-state index contributed by atoms with van der Waals surface area (Å²) in [5.41, 5.74) is 6.28. The lowest BCUT2D eigenvalue weighted by atomic mass is 9.75. The summed E-state index contributed by atoms with van der Waals surface area (Å²) in [6.45, 7) is 3.20. The Bertz CT molecular complexity index is 1240. The number of aromatic nitrogens is 2. The second-order valence-corrected chi connectivity index (χ2v) is 11.0. The van der Waals surface area contributed by atoms with Crippen LogP contribution in [0.5, 0.6) is 11.5 Å². The van der Waals surface area contributed by atoms with Crippen molar-refractivity contribution in [2.75, 3.05) is 45.1 Å². The van der Waals surface area contributed by atoms with Crippen LogP contribution in [0, 0.1) is 5.41 Å². The van der Waals surface area contributed by atoms with E-state index in [1.807, 2.05) is 41.3 Å². The number of hydrogen-bond donors (Lipinski definition) is 1. The van der Waals surface area contributed by atoms with Gasteiger partial charge in [0.2, 0.25) is 0 Å². The molecule has 0 saturated carbocycles. The Balaban J connectivity index is 1.37. The van der Waals surface area contributed by atoms with Crippen LogP contribution in [-0.2, 0) is 0 Å². The van der Waals surface area contributed by atoms with Gasteiger partial charge >= 0.3 is 0 Å². The van der Waals surface area contributed by atoms with E-state index in [0.717, 1.165) is 37.9 Å². The van der Waals surface area contributed by atoms with Crippen LogP contribution in [0.4, 0.5) is 5.13 Å². The van der Waals surface area contributed by atoms with Crippen molar-refractivity contribution in [2.24, 2.45) is 5.41 Å². The number of anilines is 1. The minimum Gasteiger partial charge on any atom is -0.491 e. The highest BCUT2D eigenvalue weighted by molar-refractivity contribution is 7.17. The molecule has 0 unspecified atom stereocenters. The molecule has 6 rings (SSSR count). The summed E-state index contributed by atoms with van der Waals surface area (Å²) in [4.78, 5) is 39.2. The lowest BCUT2D eigenvalue weighted by molar-refractivity contribution is 0.0358. The van der Waals surface area contributed by atoms with E-state index < -0.39 is 0 Å². The summed E-state index contributed by atoms with van der Waals surface area (Å²) < 4.78 is 12.3. The molecule has 3 aliphatic rings. The Morgan fingerprint density at radius 2 is 1.89 bits per heavy atom. The van der Waals surface area contributed by atoms with E-state index in [2.05, 4.69) is 9.97 Å². The van der Waals surface area contributed by atoms with Gasteiger partial charge in [0.25, 0.3) is 11.8 Å². The zero-order valence-corrected chi connectivity index (χ0v) is 22.2. The normalized spacial score (nSPS) is 18.2. The highest BCUT2D eigenvalue weighted by Crippen LogP contribution is 2.38. The Hall–Kier alpha value is -3.66. The van der Waals surface area contributed by atoms with Gasteiger partial charge in [-0.3, -0.25) is 14.6 Å². The second kappa shape index (κ2) is 11.8. The first-order chi connectivity index (χ1) is 18.5. The van der Waals surface area contributed by atoms with E-state index in [1.54, 1.807) is 17.3 Å². The Labute approximate surface area is 226 Å². The molecule has 38 heavy (non-hydrogen) atoms. The highest BCUT2D eigenvalue weighted by atomic mass is 32.1. The van der Waals surface area contributed by atoms with Gasteiger partial charge < -0.3 is 25.0 Å². The molecule has 1 saturated heterocycles. The number of ether oxygens (including phenoxy) is 2. The maximum absolute atomic E-state index is 13.5. The molecule has 3 aromatic rings. The van der Waals surface area contributed by atoms with Gasteiger partial charge in [-0.15, -0.1) is 0 Å². The molecule has 2 N–H and O–H groups in total. The minimum atomic E-state index is -0.0989. The highest BCUT2D eigenvalue weighted by Gasteiger charge is 2.37. The molecule has 2 aromatic heterocycles. The lowest BCUT2D eigenvalue weighted by Crippen LogP contribution is -2.45. The molecular formula is C28H33N5O4S. The molecule has 0 radical (unpaired) electrons. The van der Waals surface area contributed by atoms with E-state index in [0.29, 0.717) is 54.1 Å². The van der Waals surface area contributed by atoms with Crippen molar-refractivity contribution in [3.63, 3.8) is 0 Å². The van der Waals surface area contributed by atoms with Crippen molar-refractivity contribution in [2.45, 2.75) is 32.1 Å². The number of benzene rings is 1. The molecule has 10 heteroatoms. The van der Waals surface area contributed by atoms with E-state index in [9.17, 15) is 9.59 Å². The number of nitrogens with two attached hydrogens (primary N) is 1. The number of nitrogens with zero attached hydrogens (tertiary/aromatic N) is 4. The SMILES string of the molecule is Nc1ncc(C(=O)N2CCCCC3(COc4cccnc4)CCN(CC3)C(=O)c3ccccc3OCC2)s1. The number of para-hydroxylation sites is 1. The third kappa shape index (κ3) is 6.07. The van der Waals surface area contributed by atoms with Crippen molar-refractivity contribution >= 4 is 28.3 Å². The number of carbonyl (C=O) groups is 2. The molecule has 0 aliphatic carbocycles. The van der Waals surface area contributed by atoms with Crippen LogP contribution in [0.25, 0.3) is 0 Å². The molecule has 3 aliphatic heterocycles. The number of amides is 2. The Morgan fingerprint density at radius 3 is 2.66 bits per heavy atom. The van der Waals surface area contributed by atoms with Crippen LogP contribution in [0.1, 0.15) is 52.1 Å². The van der Waals surface area contributed by atoms with E-state index in [1.165, 1.54) is 17.5 Å². The van der Waals surface area contributed by atoms with Crippen LogP contribution in [0.15, 0.2) is 55.0 Å². The van der Waals surface area contributed by atoms with Crippen LogP contribution in [-0.4, -0.2) is 71.0 Å². The van der Waals surface area contributed by atoms with E-state index in [-0.39, 0.29) is 23.8 Å². The average molecular weight is 536 g/mol. The monoisotopic (exact) mass is 535 g/mol. The number of piperidine rings is 1. The number of carbonyl (C=O) groups excluding carboxylic acids is 2. The number of pyridine rings is 1. The fraction of sp³-hybridized carbons (Fsp3) is 0.429. The molecule has 5 heterocycles. The Morgan fingerprint density at radius 1 is 1.05 bits per heavy atom. The number of thiazole rings is 1. The summed E-state index contributed by atoms with van der Waals surface area (Å²) in [5.74, 6) is 1.17. The first kappa shape index (κ1) is 26.0. The van der Waals surface area contributed by atoms with Gasteiger partial charge in [0.05, 0.1) is 31.1 Å². The van der Waals surface area contributed by atoms with Crippen LogP contribution < -0.4 is 15.2 Å². The molecule has 0 atom stereocenters. The fourth-order valence-corrected chi connectivity index (χ4v) is 5.84. The zero-order chi connectivity index (χ0) is 26.4. The van der Waals surface area contributed by atoms with Gasteiger partial charge in [0.1, 0.15) is 23.0 Å². The summed E-state index contributed by atoms with van der Waals surface area (Å²) in [5, 5.41) is 0.372. The zero-order valence-electron chi connectivity index (χ0n) is 21.4. The molecular weight excluding hydrogens is 502 g/mol. The number of nitrogen functional groups attached to an aromatic ring is 1. The third-order valence-corrected chi connectivity index (χ3v) is 8.25. The lowest BCUT2D eigenvalue weighted by Gasteiger charge is -2.42. The van der Waals surface area contributed by atoms with Gasteiger partial charge in [-0.25, -0.2) is 4.98 Å². The van der Waals surface area contributed by atoms with Gasteiger partial charge in [0.15, 0.2) is 5.13 Å². The first-order valence-electron chi connectivity index (χ1n) is 13.1. The summed E-state index contributed by atoms with van der Waals surface area (Å²) in [6, 6.07) is 11.1. The number of rotatable bonds is 4. The molecule has 2 amide bonds. The van der Waals surface area contributed by atoms with Crippen molar-refractivity contribution in [3.8, 4) is 11.5 Å². The van der Waals surface area contributed by atoms with E-state index in [4.69, 9.17) is 15.2 Å². The maximum Gasteiger partial charge on any atom is 0.265 e. The smallest absolute Gasteiger partial charge is 0.265 e. The van der Waals surface area contributed by atoms with Crippen LogP contribution in [0.3, 0.4) is 0 Å². The van der Waals surface area contributed by atoms with Gasteiger partial charge in [-0.2, -0.15) is 0 Å². The minimum absolute atomic E-state index is 0.0229. The van der Waals surface area contributed by atoms with E-state index >= 15 is 0 Å². The van der Waals surface area contributed by atoms with Crippen LogP contribution in [0.2, 0.25) is 0 Å². The Kier molecular flexibility index (Phi) is 8.07. The largest absolute Gasteiger partial charge is 0.491 e. The van der Waals surface area contributed by atoms with Crippen molar-refractivity contribution in [3.05, 3.63) is 65.4 Å². The summed E-state index contributed by atoms with van der Waals surface area (Å²) in [6.07, 6.45) is 9.45. The average Bonchev–Trinajstić information content (AvgIpc) is 3.39. The second-order valence-electron chi connectivity index (χ2n) is 9.93. The quantitative estimate of drug-likeness (QED) is 0.535. The van der Waals surface area contributed by atoms with Gasteiger partial charge in [-0.1, -0.05) is 29.9 Å².